The van der Waals surface area contributed by atoms with Gasteiger partial charge < -0.3 is 14.7 Å². The molecule has 26 heavy (non-hydrogen) atoms. The average molecular weight is 371 g/mol. The normalized spacial score (nSPS) is 11.2. The Kier molecular flexibility index (Phi) is 4.21. The quantitative estimate of drug-likeness (QED) is 0.422. The van der Waals surface area contributed by atoms with Gasteiger partial charge in [-0.25, -0.2) is 14.1 Å². The number of nitrogen functional groups attached to an aromatic ring is 1. The fraction of sp³-hybridized carbons (Fsp3) is 0.118. The van der Waals surface area contributed by atoms with Gasteiger partial charge in [-0.05, 0) is 31.2 Å². The molecule has 0 aliphatic carbocycles. The lowest BCUT2D eigenvalue weighted by Gasteiger charge is -2.01. The van der Waals surface area contributed by atoms with Gasteiger partial charge in [0, 0.05) is 11.3 Å². The Morgan fingerprint density at radius 1 is 1.23 bits per heavy atom. The van der Waals surface area contributed by atoms with Gasteiger partial charge >= 0.3 is 0 Å². The second kappa shape index (κ2) is 6.68. The SMILES string of the molecule is Cc1occc1-c1nnc(SCc2coc(-c3cccc(F)c3)n2)n1N. The second-order valence-corrected chi connectivity index (χ2v) is 6.45. The van der Waals surface area contributed by atoms with Gasteiger partial charge in [-0.2, -0.15) is 0 Å². The van der Waals surface area contributed by atoms with E-state index in [1.165, 1.54) is 34.8 Å². The first-order valence-corrected chi connectivity index (χ1v) is 8.68. The molecule has 0 aliphatic heterocycles. The molecule has 0 atom stereocenters. The fourth-order valence-electron chi connectivity index (χ4n) is 2.44. The molecule has 0 spiro atoms. The molecule has 0 saturated heterocycles. The molecule has 4 aromatic rings. The summed E-state index contributed by atoms with van der Waals surface area (Å²) in [6.45, 7) is 1.83. The molecule has 0 radical (unpaired) electrons. The lowest BCUT2D eigenvalue weighted by molar-refractivity contribution is 0.535. The van der Waals surface area contributed by atoms with Crippen molar-refractivity contribution in [1.29, 1.82) is 0 Å². The van der Waals surface area contributed by atoms with E-state index in [0.717, 1.165) is 11.3 Å². The molecule has 0 unspecified atom stereocenters. The van der Waals surface area contributed by atoms with Crippen molar-refractivity contribution in [1.82, 2.24) is 19.9 Å². The number of hydrogen-bond donors (Lipinski definition) is 1. The fourth-order valence-corrected chi connectivity index (χ4v) is 3.18. The Balaban J connectivity index is 1.49. The summed E-state index contributed by atoms with van der Waals surface area (Å²) in [4.78, 5) is 4.37. The third-order valence-electron chi connectivity index (χ3n) is 3.74. The molecular formula is C17H14FN5O2S. The zero-order valence-corrected chi connectivity index (χ0v) is 14.5. The lowest BCUT2D eigenvalue weighted by Crippen LogP contribution is -2.11. The van der Waals surface area contributed by atoms with Crippen LogP contribution in [0.4, 0.5) is 4.39 Å². The van der Waals surface area contributed by atoms with E-state index in [0.29, 0.717) is 33.9 Å². The zero-order valence-electron chi connectivity index (χ0n) is 13.7. The van der Waals surface area contributed by atoms with Crippen molar-refractivity contribution in [2.45, 2.75) is 17.8 Å². The summed E-state index contributed by atoms with van der Waals surface area (Å²) in [5.41, 5.74) is 2.07. The third-order valence-corrected chi connectivity index (χ3v) is 4.71. The first-order chi connectivity index (χ1) is 12.6. The highest BCUT2D eigenvalue weighted by atomic mass is 32.2. The highest BCUT2D eigenvalue weighted by Crippen LogP contribution is 2.27. The first-order valence-electron chi connectivity index (χ1n) is 7.70. The highest BCUT2D eigenvalue weighted by molar-refractivity contribution is 7.98. The van der Waals surface area contributed by atoms with E-state index >= 15 is 0 Å². The summed E-state index contributed by atoms with van der Waals surface area (Å²) < 4.78 is 25.4. The van der Waals surface area contributed by atoms with Crippen molar-refractivity contribution < 1.29 is 13.2 Å². The van der Waals surface area contributed by atoms with Crippen LogP contribution in [0.5, 0.6) is 0 Å². The number of oxazole rings is 1. The summed E-state index contributed by atoms with van der Waals surface area (Å²) in [6.07, 6.45) is 3.11. The Labute approximate surface area is 152 Å². The van der Waals surface area contributed by atoms with Crippen molar-refractivity contribution in [3.63, 3.8) is 0 Å². The maximum Gasteiger partial charge on any atom is 0.226 e. The van der Waals surface area contributed by atoms with Gasteiger partial charge in [0.1, 0.15) is 17.8 Å². The molecule has 9 heteroatoms. The Morgan fingerprint density at radius 2 is 2.12 bits per heavy atom. The predicted molar refractivity (Wildman–Crippen MR) is 94.1 cm³/mol. The minimum absolute atomic E-state index is 0.338. The number of nitrogens with zero attached hydrogens (tertiary/aromatic N) is 4. The number of furan rings is 1. The van der Waals surface area contributed by atoms with Gasteiger partial charge in [-0.15, -0.1) is 10.2 Å². The molecule has 7 nitrogen and oxygen atoms in total. The molecule has 4 rings (SSSR count). The molecule has 2 N–H and O–H groups in total. The summed E-state index contributed by atoms with van der Waals surface area (Å²) in [6, 6.07) is 7.89. The average Bonchev–Trinajstić information content (AvgIpc) is 3.34. The van der Waals surface area contributed by atoms with Crippen LogP contribution >= 0.6 is 11.8 Å². The van der Waals surface area contributed by atoms with E-state index in [4.69, 9.17) is 14.7 Å². The summed E-state index contributed by atoms with van der Waals surface area (Å²) >= 11 is 1.37. The number of rotatable bonds is 5. The standard InChI is InChI=1S/C17H14FN5O2S/c1-10-14(5-6-24-10)15-21-22-17(23(15)19)26-9-13-8-25-16(20-13)11-3-2-4-12(18)7-11/h2-8H,9,19H2,1H3. The maximum atomic E-state index is 13.3. The van der Waals surface area contributed by atoms with Crippen molar-refractivity contribution >= 4 is 11.8 Å². The van der Waals surface area contributed by atoms with Crippen LogP contribution in [-0.2, 0) is 5.75 Å². The van der Waals surface area contributed by atoms with Crippen molar-refractivity contribution in [3.05, 3.63) is 60.1 Å². The molecular weight excluding hydrogens is 357 g/mol. The topological polar surface area (TPSA) is 95.9 Å². The second-order valence-electron chi connectivity index (χ2n) is 5.51. The zero-order chi connectivity index (χ0) is 18.1. The van der Waals surface area contributed by atoms with Gasteiger partial charge in [0.25, 0.3) is 0 Å². The van der Waals surface area contributed by atoms with Crippen LogP contribution in [0.3, 0.4) is 0 Å². The molecule has 0 aliphatic rings. The molecule has 0 saturated carbocycles. The number of aryl methyl sites for hydroxylation is 1. The van der Waals surface area contributed by atoms with Crippen LogP contribution < -0.4 is 5.84 Å². The number of nitrogens with two attached hydrogens (primary N) is 1. The summed E-state index contributed by atoms with van der Waals surface area (Å²) in [7, 11) is 0. The van der Waals surface area contributed by atoms with E-state index in [-0.39, 0.29) is 5.82 Å². The van der Waals surface area contributed by atoms with Crippen molar-refractivity contribution in [2.24, 2.45) is 0 Å². The summed E-state index contributed by atoms with van der Waals surface area (Å²) in [5, 5.41) is 8.76. The van der Waals surface area contributed by atoms with E-state index < -0.39 is 0 Å². The number of aromatic nitrogens is 4. The van der Waals surface area contributed by atoms with E-state index in [1.54, 1.807) is 24.5 Å². The summed E-state index contributed by atoms with van der Waals surface area (Å²) in [5.74, 6) is 7.84. The smallest absolute Gasteiger partial charge is 0.226 e. The molecule has 0 bridgehead atoms. The van der Waals surface area contributed by atoms with Gasteiger partial charge in [-0.1, -0.05) is 17.8 Å². The molecule has 3 heterocycles. The largest absolute Gasteiger partial charge is 0.469 e. The van der Waals surface area contributed by atoms with Crippen molar-refractivity contribution in [3.8, 4) is 22.8 Å². The van der Waals surface area contributed by atoms with E-state index in [2.05, 4.69) is 15.2 Å². The molecule has 132 valence electrons. The van der Waals surface area contributed by atoms with Crippen LogP contribution in [-0.4, -0.2) is 19.9 Å². The number of halogens is 1. The number of benzene rings is 1. The first kappa shape index (κ1) is 16.4. The highest BCUT2D eigenvalue weighted by Gasteiger charge is 2.16. The predicted octanol–water partition coefficient (Wildman–Crippen LogP) is 3.65. The Hall–Kier alpha value is -3.07. The van der Waals surface area contributed by atoms with Crippen LogP contribution in [0.15, 0.2) is 56.8 Å². The van der Waals surface area contributed by atoms with Crippen LogP contribution in [0.2, 0.25) is 0 Å². The molecule has 3 aromatic heterocycles. The minimum Gasteiger partial charge on any atom is -0.469 e. The Morgan fingerprint density at radius 3 is 2.88 bits per heavy atom. The number of hydrogen-bond acceptors (Lipinski definition) is 7. The van der Waals surface area contributed by atoms with Crippen LogP contribution in [0, 0.1) is 12.7 Å². The monoisotopic (exact) mass is 371 g/mol. The van der Waals surface area contributed by atoms with Gasteiger partial charge in [-0.3, -0.25) is 0 Å². The third kappa shape index (κ3) is 3.08. The number of thioether (sulfide) groups is 1. The lowest BCUT2D eigenvalue weighted by atomic mass is 10.2. The molecule has 0 fully saturated rings. The van der Waals surface area contributed by atoms with Crippen molar-refractivity contribution in [2.75, 3.05) is 5.84 Å². The van der Waals surface area contributed by atoms with E-state index in [9.17, 15) is 4.39 Å². The van der Waals surface area contributed by atoms with Gasteiger partial charge in [0.05, 0.1) is 17.5 Å². The minimum atomic E-state index is -0.338. The van der Waals surface area contributed by atoms with Crippen LogP contribution in [0.1, 0.15) is 11.5 Å². The Bertz CT molecular complexity index is 1060. The van der Waals surface area contributed by atoms with Crippen LogP contribution in [0.25, 0.3) is 22.8 Å². The van der Waals surface area contributed by atoms with Gasteiger partial charge in [0.2, 0.25) is 11.0 Å². The molecule has 1 aromatic carbocycles. The molecule has 0 amide bonds. The van der Waals surface area contributed by atoms with Gasteiger partial charge in [0.15, 0.2) is 5.82 Å². The maximum absolute atomic E-state index is 13.3. The van der Waals surface area contributed by atoms with E-state index in [1.807, 2.05) is 6.92 Å².